The third kappa shape index (κ3) is 8.70. The van der Waals surface area contributed by atoms with E-state index in [2.05, 4.69) is 12.7 Å². The zero-order valence-corrected chi connectivity index (χ0v) is 13.4. The predicted octanol–water partition coefficient (Wildman–Crippen LogP) is 3.94. The van der Waals surface area contributed by atoms with Gasteiger partial charge in [0.05, 0.1) is 5.60 Å². The van der Waals surface area contributed by atoms with Crippen molar-refractivity contribution in [2.75, 3.05) is 0 Å². The van der Waals surface area contributed by atoms with Crippen molar-refractivity contribution in [1.82, 2.24) is 0 Å². The first-order valence-corrected chi connectivity index (χ1v) is 7.01. The molecule has 1 N–H and O–H groups in total. The number of allylic oxidation sites excluding steroid dienone is 2. The summed E-state index contributed by atoms with van der Waals surface area (Å²) in [4.78, 5) is 11.2. The van der Waals surface area contributed by atoms with Crippen LogP contribution >= 0.6 is 0 Å². The van der Waals surface area contributed by atoms with E-state index in [0.29, 0.717) is 12.8 Å². The van der Waals surface area contributed by atoms with Crippen molar-refractivity contribution in [1.29, 1.82) is 0 Å². The van der Waals surface area contributed by atoms with Gasteiger partial charge in [0.1, 0.15) is 6.10 Å². The van der Waals surface area contributed by atoms with Crippen LogP contribution in [0.5, 0.6) is 0 Å². The lowest BCUT2D eigenvalue weighted by Gasteiger charge is -2.19. The molecule has 3 heteroatoms. The van der Waals surface area contributed by atoms with Crippen LogP contribution in [0.2, 0.25) is 0 Å². The molecule has 0 aliphatic heterocycles. The Kier molecular flexibility index (Phi) is 8.16. The number of esters is 1. The van der Waals surface area contributed by atoms with Gasteiger partial charge in [-0.25, -0.2) is 0 Å². The zero-order chi connectivity index (χ0) is 15.8. The second kappa shape index (κ2) is 8.75. The summed E-state index contributed by atoms with van der Waals surface area (Å²) in [6.07, 6.45) is 7.40. The van der Waals surface area contributed by atoms with Crippen LogP contribution in [0, 0.1) is 0 Å². The van der Waals surface area contributed by atoms with Gasteiger partial charge in [-0.3, -0.25) is 4.79 Å². The molecular formula is C17H28O3. The first kappa shape index (κ1) is 18.7. The van der Waals surface area contributed by atoms with Gasteiger partial charge < -0.3 is 9.84 Å². The summed E-state index contributed by atoms with van der Waals surface area (Å²) in [6.45, 7) is 12.8. The number of hydrogen-bond acceptors (Lipinski definition) is 3. The van der Waals surface area contributed by atoms with Crippen LogP contribution in [0.1, 0.15) is 53.9 Å². The van der Waals surface area contributed by atoms with Crippen molar-refractivity contribution in [3.63, 3.8) is 0 Å². The van der Waals surface area contributed by atoms with Gasteiger partial charge in [-0.1, -0.05) is 23.8 Å². The fourth-order valence-electron chi connectivity index (χ4n) is 1.70. The van der Waals surface area contributed by atoms with Crippen LogP contribution < -0.4 is 0 Å². The van der Waals surface area contributed by atoms with Gasteiger partial charge in [-0.2, -0.15) is 0 Å². The Morgan fingerprint density at radius 3 is 2.35 bits per heavy atom. The van der Waals surface area contributed by atoms with Gasteiger partial charge in [0.2, 0.25) is 0 Å². The Balaban J connectivity index is 4.67. The molecule has 0 fully saturated rings. The van der Waals surface area contributed by atoms with Crippen LogP contribution in [0.15, 0.2) is 36.0 Å². The molecule has 2 atom stereocenters. The lowest BCUT2D eigenvalue weighted by Crippen LogP contribution is -2.20. The molecule has 0 saturated heterocycles. The molecule has 0 radical (unpaired) electrons. The summed E-state index contributed by atoms with van der Waals surface area (Å²) in [5, 5.41) is 9.85. The molecular weight excluding hydrogens is 252 g/mol. The minimum absolute atomic E-state index is 0.226. The minimum atomic E-state index is -0.854. The molecule has 0 spiro atoms. The van der Waals surface area contributed by atoms with E-state index in [0.717, 1.165) is 12.0 Å². The van der Waals surface area contributed by atoms with Crippen molar-refractivity contribution < 1.29 is 14.6 Å². The second-order valence-electron chi connectivity index (χ2n) is 5.66. The third-order valence-electron chi connectivity index (χ3n) is 3.11. The highest BCUT2D eigenvalue weighted by Crippen LogP contribution is 2.18. The maximum atomic E-state index is 11.2. The summed E-state index contributed by atoms with van der Waals surface area (Å²) in [6, 6.07) is 0. The molecule has 0 aromatic heterocycles. The molecule has 0 aliphatic rings. The quantitative estimate of drug-likeness (QED) is 0.541. The van der Waals surface area contributed by atoms with Gasteiger partial charge in [0, 0.05) is 13.3 Å². The van der Waals surface area contributed by atoms with E-state index in [1.807, 2.05) is 26.8 Å². The highest BCUT2D eigenvalue weighted by molar-refractivity contribution is 5.66. The van der Waals surface area contributed by atoms with Crippen molar-refractivity contribution in [3.05, 3.63) is 36.0 Å². The lowest BCUT2D eigenvalue weighted by atomic mass is 9.98. The largest absolute Gasteiger partial charge is 0.458 e. The third-order valence-corrected chi connectivity index (χ3v) is 3.11. The highest BCUT2D eigenvalue weighted by Gasteiger charge is 2.15. The number of rotatable bonds is 8. The summed E-state index contributed by atoms with van der Waals surface area (Å²) in [7, 11) is 0. The fraction of sp³-hybridized carbons (Fsp3) is 0.588. The topological polar surface area (TPSA) is 46.5 Å². The van der Waals surface area contributed by atoms with Crippen LogP contribution in [-0.2, 0) is 9.53 Å². The van der Waals surface area contributed by atoms with Gasteiger partial charge in [0.25, 0.3) is 0 Å². The Morgan fingerprint density at radius 1 is 1.30 bits per heavy atom. The van der Waals surface area contributed by atoms with Crippen LogP contribution in [0.4, 0.5) is 0 Å². The number of aliphatic hydroxyl groups is 1. The molecule has 2 unspecified atom stereocenters. The normalized spacial score (nSPS) is 16.0. The average Bonchev–Trinajstić information content (AvgIpc) is 2.33. The van der Waals surface area contributed by atoms with Crippen molar-refractivity contribution >= 4 is 5.97 Å². The molecule has 0 aliphatic carbocycles. The van der Waals surface area contributed by atoms with Crippen molar-refractivity contribution in [2.45, 2.75) is 65.6 Å². The van der Waals surface area contributed by atoms with Crippen LogP contribution in [-0.4, -0.2) is 22.8 Å². The minimum Gasteiger partial charge on any atom is -0.458 e. The number of carbonyl (C=O) groups is 1. The maximum absolute atomic E-state index is 11.2. The van der Waals surface area contributed by atoms with Crippen molar-refractivity contribution in [3.8, 4) is 0 Å². The summed E-state index contributed by atoms with van der Waals surface area (Å²) in [5.74, 6) is -0.275. The lowest BCUT2D eigenvalue weighted by molar-refractivity contribution is -0.144. The SMILES string of the molecule is C=CC(C)(O)CCC=C(C)C(CC=C(C)C)OC(C)=O. The first-order valence-electron chi connectivity index (χ1n) is 7.01. The number of hydrogen-bond donors (Lipinski definition) is 1. The maximum Gasteiger partial charge on any atom is 0.303 e. The standard InChI is InChI=1S/C17H28O3/c1-7-17(6,19)12-8-9-14(4)16(20-15(5)18)11-10-13(2)3/h7,9-10,16,19H,1,8,11-12H2,2-6H3. The smallest absolute Gasteiger partial charge is 0.303 e. The molecule has 0 heterocycles. The molecule has 0 saturated carbocycles. The second-order valence-corrected chi connectivity index (χ2v) is 5.66. The summed E-state index contributed by atoms with van der Waals surface area (Å²) >= 11 is 0. The van der Waals surface area contributed by atoms with Gasteiger partial charge in [0.15, 0.2) is 0 Å². The van der Waals surface area contributed by atoms with E-state index in [1.54, 1.807) is 13.0 Å². The fourth-order valence-corrected chi connectivity index (χ4v) is 1.70. The Hall–Kier alpha value is -1.35. The molecule has 0 amide bonds. The first-order chi connectivity index (χ1) is 9.18. The van der Waals surface area contributed by atoms with Gasteiger partial charge in [-0.15, -0.1) is 6.58 Å². The molecule has 0 aromatic carbocycles. The monoisotopic (exact) mass is 280 g/mol. The summed E-state index contributed by atoms with van der Waals surface area (Å²) in [5.41, 5.74) is 1.36. The van der Waals surface area contributed by atoms with E-state index < -0.39 is 5.60 Å². The molecule has 3 nitrogen and oxygen atoms in total. The Bertz CT molecular complexity index is 385. The predicted molar refractivity (Wildman–Crippen MR) is 83.4 cm³/mol. The van der Waals surface area contributed by atoms with Gasteiger partial charge >= 0.3 is 5.97 Å². The van der Waals surface area contributed by atoms with E-state index >= 15 is 0 Å². The van der Waals surface area contributed by atoms with Crippen LogP contribution in [0.3, 0.4) is 0 Å². The highest BCUT2D eigenvalue weighted by atomic mass is 16.5. The zero-order valence-electron chi connectivity index (χ0n) is 13.4. The Labute approximate surface area is 123 Å². The number of carbonyl (C=O) groups excluding carboxylic acids is 1. The van der Waals surface area contributed by atoms with E-state index in [9.17, 15) is 9.90 Å². The molecule has 0 aromatic rings. The molecule has 20 heavy (non-hydrogen) atoms. The van der Waals surface area contributed by atoms with E-state index in [4.69, 9.17) is 4.74 Å². The average molecular weight is 280 g/mol. The van der Waals surface area contributed by atoms with Crippen molar-refractivity contribution in [2.24, 2.45) is 0 Å². The van der Waals surface area contributed by atoms with Gasteiger partial charge in [-0.05, 0) is 46.1 Å². The number of ether oxygens (including phenoxy) is 1. The summed E-state index contributed by atoms with van der Waals surface area (Å²) < 4.78 is 5.34. The molecule has 0 bridgehead atoms. The molecule has 0 rings (SSSR count). The van der Waals surface area contributed by atoms with E-state index in [1.165, 1.54) is 12.5 Å². The molecule has 114 valence electrons. The Morgan fingerprint density at radius 2 is 1.90 bits per heavy atom. The van der Waals surface area contributed by atoms with Crippen LogP contribution in [0.25, 0.3) is 0 Å². The van der Waals surface area contributed by atoms with E-state index in [-0.39, 0.29) is 12.1 Å².